The van der Waals surface area contributed by atoms with E-state index in [0.717, 1.165) is 24.4 Å². The van der Waals surface area contributed by atoms with Gasteiger partial charge in [-0.25, -0.2) is 4.79 Å². The van der Waals surface area contributed by atoms with Crippen LogP contribution in [0.4, 0.5) is 0 Å². The Morgan fingerprint density at radius 3 is 2.66 bits per heavy atom. The number of benzene rings is 1. The average Bonchev–Trinajstić information content (AvgIpc) is 3.10. The van der Waals surface area contributed by atoms with Crippen LogP contribution in [0.5, 0.6) is 5.75 Å². The molecular weight excluding hydrogens is 392 g/mol. The minimum Gasteiger partial charge on any atom is -0.496 e. The van der Waals surface area contributed by atoms with Gasteiger partial charge in [-0.15, -0.1) is 11.8 Å². The third-order valence-electron chi connectivity index (χ3n) is 4.94. The predicted octanol–water partition coefficient (Wildman–Crippen LogP) is 3.14. The van der Waals surface area contributed by atoms with E-state index in [1.807, 2.05) is 29.4 Å². The molecule has 0 N–H and O–H groups in total. The van der Waals surface area contributed by atoms with Crippen LogP contribution >= 0.6 is 11.8 Å². The van der Waals surface area contributed by atoms with Crippen molar-refractivity contribution in [1.29, 1.82) is 0 Å². The zero-order valence-corrected chi connectivity index (χ0v) is 17.8. The number of carbonyl (C=O) groups is 2. The molecule has 0 aliphatic carbocycles. The first-order chi connectivity index (χ1) is 14.0. The Hall–Kier alpha value is -2.45. The van der Waals surface area contributed by atoms with Crippen LogP contribution in [0.15, 0.2) is 39.6 Å². The number of thioether (sulfide) groups is 1. The molecule has 1 aliphatic heterocycles. The Morgan fingerprint density at radius 1 is 1.10 bits per heavy atom. The van der Waals surface area contributed by atoms with E-state index < -0.39 is 5.97 Å². The van der Waals surface area contributed by atoms with Crippen molar-refractivity contribution in [3.05, 3.63) is 47.4 Å². The van der Waals surface area contributed by atoms with Gasteiger partial charge in [0.2, 0.25) is 5.76 Å². The first-order valence-corrected chi connectivity index (χ1v) is 10.7. The van der Waals surface area contributed by atoms with Crippen molar-refractivity contribution < 1.29 is 23.5 Å². The second-order valence-electron chi connectivity index (χ2n) is 6.75. The van der Waals surface area contributed by atoms with Crippen LogP contribution in [0.25, 0.3) is 0 Å². The molecule has 1 aromatic heterocycles. The van der Waals surface area contributed by atoms with Crippen LogP contribution in [-0.2, 0) is 11.3 Å². The Bertz CT molecular complexity index is 867. The van der Waals surface area contributed by atoms with Crippen molar-refractivity contribution in [3.8, 4) is 5.75 Å². The molecule has 8 heteroatoms. The number of nitrogens with zero attached hydrogens (tertiary/aromatic N) is 2. The molecule has 0 unspecified atom stereocenters. The highest BCUT2D eigenvalue weighted by Gasteiger charge is 2.23. The van der Waals surface area contributed by atoms with E-state index >= 15 is 0 Å². The molecule has 1 fully saturated rings. The zero-order chi connectivity index (χ0) is 20.8. The van der Waals surface area contributed by atoms with Crippen LogP contribution in [0.2, 0.25) is 0 Å². The molecule has 0 atom stereocenters. The number of hydrogen-bond acceptors (Lipinski definition) is 7. The molecule has 0 spiro atoms. The minimum absolute atomic E-state index is 0.0117. The number of amides is 1. The van der Waals surface area contributed by atoms with E-state index in [4.69, 9.17) is 9.15 Å². The number of hydrogen-bond donors (Lipinski definition) is 0. The summed E-state index contributed by atoms with van der Waals surface area (Å²) in [5, 5.41) is 0. The molecule has 3 rings (SSSR count). The fourth-order valence-corrected chi connectivity index (χ4v) is 3.80. The molecule has 0 saturated carbocycles. The van der Waals surface area contributed by atoms with Gasteiger partial charge in [0.25, 0.3) is 5.91 Å². The van der Waals surface area contributed by atoms with Gasteiger partial charge in [0.15, 0.2) is 0 Å². The fraction of sp³-hybridized carbons (Fsp3) is 0.429. The second kappa shape index (κ2) is 9.84. The maximum Gasteiger partial charge on any atom is 0.373 e. The highest BCUT2D eigenvalue weighted by atomic mass is 32.2. The largest absolute Gasteiger partial charge is 0.496 e. The lowest BCUT2D eigenvalue weighted by Crippen LogP contribution is -2.35. The van der Waals surface area contributed by atoms with Gasteiger partial charge >= 0.3 is 5.97 Å². The lowest BCUT2D eigenvalue weighted by Gasteiger charge is -2.22. The molecule has 0 bridgehead atoms. The maximum atomic E-state index is 13.1. The van der Waals surface area contributed by atoms with E-state index in [1.165, 1.54) is 7.11 Å². The molecule has 29 heavy (non-hydrogen) atoms. The molecule has 2 aromatic rings. The van der Waals surface area contributed by atoms with Gasteiger partial charge < -0.3 is 18.8 Å². The third kappa shape index (κ3) is 5.13. The van der Waals surface area contributed by atoms with E-state index in [-0.39, 0.29) is 11.7 Å². The number of carbonyl (C=O) groups excluding carboxylic acids is 2. The van der Waals surface area contributed by atoms with Crippen molar-refractivity contribution in [2.75, 3.05) is 46.7 Å². The van der Waals surface area contributed by atoms with Crippen LogP contribution in [0.1, 0.15) is 33.1 Å². The van der Waals surface area contributed by atoms with Crippen LogP contribution in [0, 0.1) is 0 Å². The maximum absolute atomic E-state index is 13.1. The summed E-state index contributed by atoms with van der Waals surface area (Å²) in [5.74, 6) is 1.02. The van der Waals surface area contributed by atoms with Crippen LogP contribution in [0.3, 0.4) is 0 Å². The summed E-state index contributed by atoms with van der Waals surface area (Å²) in [5.41, 5.74) is 0.590. The molecule has 1 amide bonds. The third-order valence-corrected chi connectivity index (χ3v) is 5.67. The zero-order valence-electron chi connectivity index (χ0n) is 17.0. The van der Waals surface area contributed by atoms with Gasteiger partial charge in [-0.3, -0.25) is 9.69 Å². The van der Waals surface area contributed by atoms with Gasteiger partial charge in [-0.1, -0.05) is 0 Å². The highest BCUT2D eigenvalue weighted by Crippen LogP contribution is 2.27. The number of ether oxygens (including phenoxy) is 2. The van der Waals surface area contributed by atoms with Crippen molar-refractivity contribution in [2.24, 2.45) is 0 Å². The first kappa shape index (κ1) is 21.3. The van der Waals surface area contributed by atoms with E-state index in [9.17, 15) is 9.59 Å². The average molecular weight is 419 g/mol. The summed E-state index contributed by atoms with van der Waals surface area (Å²) in [6.45, 7) is 3.47. The summed E-state index contributed by atoms with van der Waals surface area (Å²) in [6.07, 6.45) is 2.86. The van der Waals surface area contributed by atoms with Gasteiger partial charge in [0.05, 0.1) is 26.3 Å². The normalized spacial score (nSPS) is 15.1. The molecule has 2 heterocycles. The molecule has 156 valence electrons. The van der Waals surface area contributed by atoms with Gasteiger partial charge in [0.1, 0.15) is 11.5 Å². The molecule has 1 saturated heterocycles. The molecule has 1 aliphatic rings. The van der Waals surface area contributed by atoms with E-state index in [2.05, 4.69) is 9.64 Å². The number of furan rings is 1. The fourth-order valence-electron chi connectivity index (χ4n) is 3.37. The number of methoxy groups -OCH3 is 2. The Balaban J connectivity index is 1.63. The Morgan fingerprint density at radius 2 is 1.93 bits per heavy atom. The van der Waals surface area contributed by atoms with Crippen molar-refractivity contribution in [2.45, 2.75) is 17.9 Å². The summed E-state index contributed by atoms with van der Waals surface area (Å²) < 4.78 is 15.7. The minimum atomic E-state index is -0.481. The molecular formula is C21H26N2O5S. The summed E-state index contributed by atoms with van der Waals surface area (Å²) in [6, 6.07) is 9.10. The van der Waals surface area contributed by atoms with Crippen molar-refractivity contribution in [3.63, 3.8) is 0 Å². The van der Waals surface area contributed by atoms with Gasteiger partial charge in [-0.05, 0) is 43.0 Å². The Labute approximate surface area is 174 Å². The number of rotatable bonds is 6. The number of esters is 1. The molecule has 7 nitrogen and oxygen atoms in total. The standard InChI is InChI=1S/C21H26N2O5S/c1-26-19-13-16(29-3)6-7-17(19)20(24)23-10-4-9-22(11-12-23)14-15-5-8-18(28-15)21(25)27-2/h5-8,13H,4,9-12,14H2,1-3H3. The smallest absolute Gasteiger partial charge is 0.373 e. The SMILES string of the molecule is COC(=O)c1ccc(CN2CCCN(C(=O)c3ccc(SC)cc3OC)CC2)o1. The summed E-state index contributed by atoms with van der Waals surface area (Å²) in [4.78, 5) is 29.8. The van der Waals surface area contributed by atoms with E-state index in [1.54, 1.807) is 31.0 Å². The van der Waals surface area contributed by atoms with Gasteiger partial charge in [0, 0.05) is 31.1 Å². The first-order valence-electron chi connectivity index (χ1n) is 9.46. The predicted molar refractivity (Wildman–Crippen MR) is 111 cm³/mol. The summed E-state index contributed by atoms with van der Waals surface area (Å²) >= 11 is 1.61. The Kier molecular flexibility index (Phi) is 7.22. The van der Waals surface area contributed by atoms with Crippen LogP contribution in [-0.4, -0.2) is 68.3 Å². The van der Waals surface area contributed by atoms with Crippen LogP contribution < -0.4 is 4.74 Å². The summed E-state index contributed by atoms with van der Waals surface area (Å²) in [7, 11) is 2.92. The quantitative estimate of drug-likeness (QED) is 0.527. The molecule has 0 radical (unpaired) electrons. The van der Waals surface area contributed by atoms with Gasteiger partial charge in [-0.2, -0.15) is 0 Å². The second-order valence-corrected chi connectivity index (χ2v) is 7.63. The van der Waals surface area contributed by atoms with Crippen molar-refractivity contribution in [1.82, 2.24) is 9.80 Å². The highest BCUT2D eigenvalue weighted by molar-refractivity contribution is 7.98. The van der Waals surface area contributed by atoms with E-state index in [0.29, 0.717) is 36.7 Å². The monoisotopic (exact) mass is 418 g/mol. The molecule has 1 aromatic carbocycles. The van der Waals surface area contributed by atoms with Crippen molar-refractivity contribution >= 4 is 23.6 Å². The lowest BCUT2D eigenvalue weighted by molar-refractivity contribution is 0.0560. The lowest BCUT2D eigenvalue weighted by atomic mass is 10.1. The topological polar surface area (TPSA) is 72.2 Å².